The number of thioether (sulfide) groups is 1. The van der Waals surface area contributed by atoms with Crippen molar-refractivity contribution in [1.82, 2.24) is 4.90 Å². The van der Waals surface area contributed by atoms with Gasteiger partial charge < -0.3 is 4.90 Å². The van der Waals surface area contributed by atoms with Crippen LogP contribution in [0.15, 0.2) is 4.99 Å². The molecule has 0 aromatic heterocycles. The molecular formula is C9H15N3S. The molecule has 1 saturated heterocycles. The van der Waals surface area contributed by atoms with Crippen LogP contribution in [0.5, 0.6) is 0 Å². The lowest BCUT2D eigenvalue weighted by atomic mass is 10.00. The maximum absolute atomic E-state index is 8.47. The Labute approximate surface area is 83.8 Å². The zero-order chi connectivity index (χ0) is 9.68. The summed E-state index contributed by atoms with van der Waals surface area (Å²) >= 11 is 1.56. The van der Waals surface area contributed by atoms with Crippen LogP contribution in [-0.4, -0.2) is 29.4 Å². The highest BCUT2D eigenvalue weighted by atomic mass is 32.2. The fourth-order valence-electron chi connectivity index (χ4n) is 1.49. The normalized spacial score (nSPS) is 20.1. The molecular weight excluding hydrogens is 182 g/mol. The van der Waals surface area contributed by atoms with E-state index in [1.807, 2.05) is 12.4 Å². The predicted octanol–water partition coefficient (Wildman–Crippen LogP) is 1.92. The van der Waals surface area contributed by atoms with Crippen LogP contribution in [0.2, 0.25) is 0 Å². The third-order valence-electron chi connectivity index (χ3n) is 2.38. The summed E-state index contributed by atoms with van der Waals surface area (Å²) < 4.78 is 0. The van der Waals surface area contributed by atoms with Crippen molar-refractivity contribution in [3.63, 3.8) is 0 Å². The molecule has 0 spiro atoms. The first kappa shape index (κ1) is 10.4. The molecule has 1 aliphatic heterocycles. The minimum atomic E-state index is 0.821. The van der Waals surface area contributed by atoms with Gasteiger partial charge in [0.25, 0.3) is 0 Å². The summed E-state index contributed by atoms with van der Waals surface area (Å²) in [4.78, 5) is 6.00. The topological polar surface area (TPSA) is 39.4 Å². The van der Waals surface area contributed by atoms with E-state index in [1.165, 1.54) is 12.8 Å². The second-order valence-electron chi connectivity index (χ2n) is 3.37. The second-order valence-corrected chi connectivity index (χ2v) is 4.14. The van der Waals surface area contributed by atoms with Crippen molar-refractivity contribution in [2.45, 2.75) is 19.8 Å². The van der Waals surface area contributed by atoms with E-state index in [0.717, 1.165) is 24.2 Å². The van der Waals surface area contributed by atoms with Crippen LogP contribution < -0.4 is 0 Å². The van der Waals surface area contributed by atoms with Crippen LogP contribution >= 0.6 is 11.8 Å². The van der Waals surface area contributed by atoms with Crippen molar-refractivity contribution in [3.05, 3.63) is 0 Å². The minimum Gasteiger partial charge on any atom is -0.351 e. The van der Waals surface area contributed by atoms with E-state index in [9.17, 15) is 0 Å². The highest BCUT2D eigenvalue weighted by Gasteiger charge is 2.18. The predicted molar refractivity (Wildman–Crippen MR) is 56.5 cm³/mol. The number of nitrogens with zero attached hydrogens (tertiary/aromatic N) is 3. The SMILES string of the molecule is CSC(=NC#N)N1CCC(C)CC1. The molecule has 0 saturated carbocycles. The molecule has 72 valence electrons. The van der Waals surface area contributed by atoms with Gasteiger partial charge in [0.15, 0.2) is 5.17 Å². The molecule has 0 N–H and O–H groups in total. The van der Waals surface area contributed by atoms with Gasteiger partial charge in [-0.15, -0.1) is 4.99 Å². The number of rotatable bonds is 0. The quantitative estimate of drug-likeness (QED) is 0.338. The van der Waals surface area contributed by atoms with E-state index in [1.54, 1.807) is 11.8 Å². The molecule has 1 aliphatic rings. The number of hydrogen-bond donors (Lipinski definition) is 0. The van der Waals surface area contributed by atoms with Crippen molar-refractivity contribution in [2.75, 3.05) is 19.3 Å². The Balaban J connectivity index is 2.52. The van der Waals surface area contributed by atoms with E-state index in [0.29, 0.717) is 0 Å². The third-order valence-corrected chi connectivity index (χ3v) is 3.10. The molecule has 0 aromatic carbocycles. The Morgan fingerprint density at radius 2 is 2.15 bits per heavy atom. The van der Waals surface area contributed by atoms with Gasteiger partial charge in [0.05, 0.1) is 0 Å². The van der Waals surface area contributed by atoms with Crippen LogP contribution in [0.4, 0.5) is 0 Å². The van der Waals surface area contributed by atoms with E-state index in [2.05, 4.69) is 16.8 Å². The number of amidine groups is 1. The van der Waals surface area contributed by atoms with Crippen LogP contribution in [0.25, 0.3) is 0 Å². The Bertz CT molecular complexity index is 224. The zero-order valence-corrected chi connectivity index (χ0v) is 8.97. The van der Waals surface area contributed by atoms with Gasteiger partial charge in [0, 0.05) is 13.1 Å². The van der Waals surface area contributed by atoms with Crippen LogP contribution in [0.1, 0.15) is 19.8 Å². The number of likely N-dealkylation sites (tertiary alicyclic amines) is 1. The van der Waals surface area contributed by atoms with Crippen LogP contribution in [0, 0.1) is 17.4 Å². The first-order chi connectivity index (χ1) is 6.27. The molecule has 3 nitrogen and oxygen atoms in total. The van der Waals surface area contributed by atoms with Gasteiger partial charge >= 0.3 is 0 Å². The largest absolute Gasteiger partial charge is 0.351 e. The first-order valence-electron chi connectivity index (χ1n) is 4.53. The van der Waals surface area contributed by atoms with Crippen LogP contribution in [-0.2, 0) is 0 Å². The highest BCUT2D eigenvalue weighted by Crippen LogP contribution is 2.18. The van der Waals surface area contributed by atoms with E-state index < -0.39 is 0 Å². The Morgan fingerprint density at radius 1 is 1.54 bits per heavy atom. The van der Waals surface area contributed by atoms with Crippen molar-refractivity contribution < 1.29 is 0 Å². The van der Waals surface area contributed by atoms with Gasteiger partial charge in [-0.1, -0.05) is 18.7 Å². The average molecular weight is 197 g/mol. The number of aliphatic imine (C=N–C) groups is 1. The van der Waals surface area contributed by atoms with Gasteiger partial charge in [-0.3, -0.25) is 0 Å². The lowest BCUT2D eigenvalue weighted by Gasteiger charge is -2.31. The Kier molecular flexibility index (Phi) is 4.10. The zero-order valence-electron chi connectivity index (χ0n) is 8.16. The fourth-order valence-corrected chi connectivity index (χ4v) is 2.06. The highest BCUT2D eigenvalue weighted by molar-refractivity contribution is 8.13. The summed E-state index contributed by atoms with van der Waals surface area (Å²) in [6.45, 7) is 4.36. The molecule has 4 heteroatoms. The lowest BCUT2D eigenvalue weighted by molar-refractivity contribution is 0.284. The Morgan fingerprint density at radius 3 is 2.62 bits per heavy atom. The third kappa shape index (κ3) is 2.92. The molecule has 1 rings (SSSR count). The van der Waals surface area contributed by atoms with Crippen molar-refractivity contribution in [3.8, 4) is 6.19 Å². The maximum atomic E-state index is 8.47. The summed E-state index contributed by atoms with van der Waals surface area (Å²) in [7, 11) is 0. The number of hydrogen-bond acceptors (Lipinski definition) is 3. The monoisotopic (exact) mass is 197 g/mol. The smallest absolute Gasteiger partial charge is 0.208 e. The average Bonchev–Trinajstić information content (AvgIpc) is 2.16. The summed E-state index contributed by atoms with van der Waals surface area (Å²) in [6.07, 6.45) is 6.25. The molecule has 0 atom stereocenters. The van der Waals surface area contributed by atoms with Gasteiger partial charge in [0.2, 0.25) is 6.19 Å². The number of nitriles is 1. The number of piperidine rings is 1. The standard InChI is InChI=1S/C9H15N3S/c1-8-3-5-12(6-4-8)9(13-2)11-7-10/h8H,3-6H2,1-2H3. The van der Waals surface area contributed by atoms with Gasteiger partial charge in [-0.05, 0) is 25.0 Å². The lowest BCUT2D eigenvalue weighted by Crippen LogP contribution is -2.36. The van der Waals surface area contributed by atoms with Crippen LogP contribution in [0.3, 0.4) is 0 Å². The van der Waals surface area contributed by atoms with Gasteiger partial charge in [-0.25, -0.2) is 0 Å². The second kappa shape index (κ2) is 5.13. The summed E-state index contributed by atoms with van der Waals surface area (Å²) in [5.41, 5.74) is 0. The summed E-state index contributed by atoms with van der Waals surface area (Å²) in [5.74, 6) is 0.821. The molecule has 0 bridgehead atoms. The van der Waals surface area contributed by atoms with E-state index in [-0.39, 0.29) is 0 Å². The summed E-state index contributed by atoms with van der Waals surface area (Å²) in [6, 6.07) is 0. The molecule has 1 heterocycles. The molecule has 0 aliphatic carbocycles. The first-order valence-corrected chi connectivity index (χ1v) is 5.76. The molecule has 0 unspecified atom stereocenters. The summed E-state index contributed by atoms with van der Waals surface area (Å²) in [5, 5.41) is 9.34. The van der Waals surface area contributed by atoms with Gasteiger partial charge in [-0.2, -0.15) is 5.26 Å². The molecule has 0 radical (unpaired) electrons. The van der Waals surface area contributed by atoms with Crippen molar-refractivity contribution in [2.24, 2.45) is 10.9 Å². The van der Waals surface area contributed by atoms with E-state index >= 15 is 0 Å². The molecule has 1 fully saturated rings. The van der Waals surface area contributed by atoms with Crippen molar-refractivity contribution in [1.29, 1.82) is 5.26 Å². The minimum absolute atomic E-state index is 0.821. The fraction of sp³-hybridized carbons (Fsp3) is 0.778. The molecule has 13 heavy (non-hydrogen) atoms. The molecule has 0 aromatic rings. The van der Waals surface area contributed by atoms with E-state index in [4.69, 9.17) is 5.26 Å². The maximum Gasteiger partial charge on any atom is 0.208 e. The molecule has 0 amide bonds. The Hall–Kier alpha value is -0.690. The van der Waals surface area contributed by atoms with Crippen molar-refractivity contribution >= 4 is 16.9 Å². The van der Waals surface area contributed by atoms with Gasteiger partial charge in [0.1, 0.15) is 0 Å².